The molecule has 0 spiro atoms. The summed E-state index contributed by atoms with van der Waals surface area (Å²) in [4.78, 5) is 11.4. The third-order valence-corrected chi connectivity index (χ3v) is 2.76. The van der Waals surface area contributed by atoms with Crippen molar-refractivity contribution < 1.29 is 19.0 Å². The maximum Gasteiger partial charge on any atom is 0.332 e. The summed E-state index contributed by atoms with van der Waals surface area (Å²) in [6.07, 6.45) is 4.54. The molecule has 1 saturated carbocycles. The highest BCUT2D eigenvalue weighted by atomic mass is 16.6. The highest BCUT2D eigenvalue weighted by Gasteiger charge is 2.31. The Morgan fingerprint density at radius 2 is 1.78 bits per heavy atom. The van der Waals surface area contributed by atoms with Crippen LogP contribution in [0.15, 0.2) is 0 Å². The number of rotatable bonds is 7. The first kappa shape index (κ1) is 15.4. The Balaban J connectivity index is 2.01. The van der Waals surface area contributed by atoms with Crippen molar-refractivity contribution in [3.8, 4) is 0 Å². The number of hydrogen-bond acceptors (Lipinski definition) is 4. The van der Waals surface area contributed by atoms with Crippen LogP contribution >= 0.6 is 0 Å². The lowest BCUT2D eigenvalue weighted by Crippen LogP contribution is -2.39. The molecule has 1 fully saturated rings. The molecule has 0 aromatic heterocycles. The van der Waals surface area contributed by atoms with Gasteiger partial charge in [-0.2, -0.15) is 0 Å². The van der Waals surface area contributed by atoms with Gasteiger partial charge < -0.3 is 14.2 Å². The van der Waals surface area contributed by atoms with Gasteiger partial charge in [-0.25, -0.2) is 4.79 Å². The van der Waals surface area contributed by atoms with Gasteiger partial charge >= 0.3 is 5.97 Å². The predicted octanol–water partition coefficient (Wildman–Crippen LogP) is 2.69. The van der Waals surface area contributed by atoms with E-state index >= 15 is 0 Å². The summed E-state index contributed by atoms with van der Waals surface area (Å²) in [6, 6.07) is 0. The van der Waals surface area contributed by atoms with Crippen LogP contribution in [0.1, 0.15) is 53.4 Å². The molecule has 0 radical (unpaired) electrons. The molecule has 0 saturated heterocycles. The van der Waals surface area contributed by atoms with Crippen molar-refractivity contribution in [2.24, 2.45) is 0 Å². The molecule has 0 unspecified atom stereocenters. The van der Waals surface area contributed by atoms with Gasteiger partial charge in [0.15, 0.2) is 0 Å². The second-order valence-electron chi connectivity index (χ2n) is 5.84. The number of hydrogen-bond donors (Lipinski definition) is 0. The molecule has 1 aliphatic carbocycles. The van der Waals surface area contributed by atoms with Crippen molar-refractivity contribution in [3.05, 3.63) is 0 Å². The molecule has 4 heteroatoms. The summed E-state index contributed by atoms with van der Waals surface area (Å²) in [5.41, 5.74) is -0.439. The Morgan fingerprint density at radius 1 is 1.17 bits per heavy atom. The van der Waals surface area contributed by atoms with Gasteiger partial charge in [0.1, 0.15) is 12.2 Å². The molecular weight excluding hydrogens is 232 g/mol. The van der Waals surface area contributed by atoms with E-state index in [0.29, 0.717) is 6.10 Å². The van der Waals surface area contributed by atoms with Crippen LogP contribution in [0.3, 0.4) is 0 Å². The van der Waals surface area contributed by atoms with Crippen molar-refractivity contribution in [3.63, 3.8) is 0 Å². The van der Waals surface area contributed by atoms with E-state index < -0.39 is 5.60 Å². The highest BCUT2D eigenvalue weighted by molar-refractivity contribution is 5.71. The lowest BCUT2D eigenvalue weighted by atomic mass is 9.92. The number of carbonyl (C=O) groups is 1. The van der Waals surface area contributed by atoms with E-state index in [0.717, 1.165) is 32.3 Å². The van der Waals surface area contributed by atoms with Crippen LogP contribution < -0.4 is 0 Å². The Morgan fingerprint density at radius 3 is 2.33 bits per heavy atom. The second-order valence-corrected chi connectivity index (χ2v) is 5.84. The van der Waals surface area contributed by atoms with E-state index in [2.05, 4.69) is 6.92 Å². The molecule has 4 nitrogen and oxygen atoms in total. The Labute approximate surface area is 110 Å². The Bertz CT molecular complexity index is 251. The van der Waals surface area contributed by atoms with E-state index in [1.54, 1.807) is 0 Å². The van der Waals surface area contributed by atoms with Gasteiger partial charge in [-0.3, -0.25) is 0 Å². The molecule has 0 N–H and O–H groups in total. The van der Waals surface area contributed by atoms with Crippen LogP contribution in [0.5, 0.6) is 0 Å². The van der Waals surface area contributed by atoms with Gasteiger partial charge in [-0.1, -0.05) is 13.3 Å². The highest BCUT2D eigenvalue weighted by Crippen LogP contribution is 2.26. The van der Waals surface area contributed by atoms with Gasteiger partial charge in [-0.15, -0.1) is 0 Å². The number of carbonyl (C=O) groups excluding carboxylic acids is 1. The lowest BCUT2D eigenvalue weighted by Gasteiger charge is -2.34. The average molecular weight is 258 g/mol. The van der Waals surface area contributed by atoms with Crippen molar-refractivity contribution in [2.75, 3.05) is 13.2 Å². The SMILES string of the molecule is CCCCOC1CC(OCC(=O)OC(C)(C)C)C1. The Kier molecular flexibility index (Phi) is 6.09. The van der Waals surface area contributed by atoms with E-state index in [-0.39, 0.29) is 18.7 Å². The molecule has 106 valence electrons. The molecule has 0 atom stereocenters. The fraction of sp³-hybridized carbons (Fsp3) is 0.929. The quantitative estimate of drug-likeness (QED) is 0.520. The van der Waals surface area contributed by atoms with Crippen LogP contribution in [0.2, 0.25) is 0 Å². The molecule has 1 aliphatic rings. The summed E-state index contributed by atoms with van der Waals surface area (Å²) in [6.45, 7) is 8.59. The van der Waals surface area contributed by atoms with E-state index in [4.69, 9.17) is 14.2 Å². The number of ether oxygens (including phenoxy) is 3. The van der Waals surface area contributed by atoms with E-state index in [1.807, 2.05) is 20.8 Å². The normalized spacial score (nSPS) is 23.6. The summed E-state index contributed by atoms with van der Waals surface area (Å²) in [5.74, 6) is -0.294. The van der Waals surface area contributed by atoms with E-state index in [1.165, 1.54) is 0 Å². The minimum atomic E-state index is -0.439. The molecule has 0 aromatic rings. The lowest BCUT2D eigenvalue weighted by molar-refractivity contribution is -0.168. The zero-order valence-electron chi connectivity index (χ0n) is 12.0. The molecule has 0 bridgehead atoms. The summed E-state index contributed by atoms with van der Waals surface area (Å²) < 4.78 is 16.3. The third-order valence-electron chi connectivity index (χ3n) is 2.76. The topological polar surface area (TPSA) is 44.8 Å². The average Bonchev–Trinajstić information content (AvgIpc) is 2.17. The number of unbranched alkanes of at least 4 members (excludes halogenated alkanes) is 1. The minimum Gasteiger partial charge on any atom is -0.458 e. The first-order valence-electron chi connectivity index (χ1n) is 6.85. The van der Waals surface area contributed by atoms with Crippen LogP contribution in [0, 0.1) is 0 Å². The minimum absolute atomic E-state index is 0.0453. The van der Waals surface area contributed by atoms with E-state index in [9.17, 15) is 4.79 Å². The first-order valence-corrected chi connectivity index (χ1v) is 6.85. The second kappa shape index (κ2) is 7.10. The third kappa shape index (κ3) is 6.36. The zero-order chi connectivity index (χ0) is 13.6. The fourth-order valence-corrected chi connectivity index (χ4v) is 1.74. The molecule has 0 aromatic carbocycles. The predicted molar refractivity (Wildman–Crippen MR) is 69.5 cm³/mol. The van der Waals surface area contributed by atoms with Gasteiger partial charge in [-0.05, 0) is 40.0 Å². The van der Waals surface area contributed by atoms with Gasteiger partial charge in [0, 0.05) is 6.61 Å². The molecule has 0 heterocycles. The standard InChI is InChI=1S/C14H26O4/c1-5-6-7-16-11-8-12(9-11)17-10-13(15)18-14(2,3)4/h11-12H,5-10H2,1-4H3. The molecule has 18 heavy (non-hydrogen) atoms. The smallest absolute Gasteiger partial charge is 0.332 e. The number of esters is 1. The van der Waals surface area contributed by atoms with Crippen molar-refractivity contribution in [1.82, 2.24) is 0 Å². The fourth-order valence-electron chi connectivity index (χ4n) is 1.74. The Hall–Kier alpha value is -0.610. The van der Waals surface area contributed by atoms with Gasteiger partial charge in [0.05, 0.1) is 12.2 Å². The van der Waals surface area contributed by atoms with Gasteiger partial charge in [0.2, 0.25) is 0 Å². The molecule has 1 rings (SSSR count). The summed E-state index contributed by atoms with van der Waals surface area (Å²) in [7, 11) is 0. The van der Waals surface area contributed by atoms with Crippen LogP contribution in [-0.2, 0) is 19.0 Å². The molecular formula is C14H26O4. The molecule has 0 amide bonds. The largest absolute Gasteiger partial charge is 0.458 e. The van der Waals surface area contributed by atoms with Crippen LogP contribution in [0.4, 0.5) is 0 Å². The first-order chi connectivity index (χ1) is 8.40. The molecule has 0 aliphatic heterocycles. The maximum atomic E-state index is 11.4. The van der Waals surface area contributed by atoms with Crippen molar-refractivity contribution in [1.29, 1.82) is 0 Å². The van der Waals surface area contributed by atoms with Crippen molar-refractivity contribution in [2.45, 2.75) is 71.2 Å². The summed E-state index contributed by atoms with van der Waals surface area (Å²) in [5, 5.41) is 0. The van der Waals surface area contributed by atoms with Gasteiger partial charge in [0.25, 0.3) is 0 Å². The monoisotopic (exact) mass is 258 g/mol. The van der Waals surface area contributed by atoms with Crippen molar-refractivity contribution >= 4 is 5.97 Å². The van der Waals surface area contributed by atoms with Crippen LogP contribution in [0.25, 0.3) is 0 Å². The summed E-state index contributed by atoms with van der Waals surface area (Å²) >= 11 is 0. The van der Waals surface area contributed by atoms with Crippen LogP contribution in [-0.4, -0.2) is 37.0 Å². The maximum absolute atomic E-state index is 11.4. The zero-order valence-corrected chi connectivity index (χ0v) is 12.0.